The van der Waals surface area contributed by atoms with E-state index in [9.17, 15) is 5.11 Å². The third kappa shape index (κ3) is 5.42. The molecule has 0 saturated carbocycles. The molecule has 0 aromatic heterocycles. The molecule has 4 heteroatoms. The van der Waals surface area contributed by atoms with Gasteiger partial charge in [0.1, 0.15) is 5.75 Å². The number of aliphatic hydroxyl groups is 1. The third-order valence-electron chi connectivity index (χ3n) is 4.69. The highest BCUT2D eigenvalue weighted by molar-refractivity contribution is 7.72. The van der Waals surface area contributed by atoms with Crippen molar-refractivity contribution in [2.75, 3.05) is 12.9 Å². The van der Waals surface area contributed by atoms with Crippen LogP contribution >= 0.6 is 7.92 Å². The molecule has 3 atom stereocenters. The molecular weight excluding hydrogens is 365 g/mol. The predicted molar refractivity (Wildman–Crippen MR) is 119 cm³/mol. The third-order valence-corrected chi connectivity index (χ3v) is 7.02. The minimum atomic E-state index is -0.606. The van der Waals surface area contributed by atoms with Crippen LogP contribution in [0.3, 0.4) is 0 Å². The van der Waals surface area contributed by atoms with Gasteiger partial charge in [-0.1, -0.05) is 72.8 Å². The zero-order valence-corrected chi connectivity index (χ0v) is 17.3. The van der Waals surface area contributed by atoms with Crippen molar-refractivity contribution in [1.82, 2.24) is 5.32 Å². The summed E-state index contributed by atoms with van der Waals surface area (Å²) in [6.45, 7) is 4.69. The highest BCUT2D eigenvalue weighted by atomic mass is 31.1. The Kier molecular flexibility index (Phi) is 7.62. The van der Waals surface area contributed by atoms with Crippen molar-refractivity contribution in [2.24, 2.45) is 0 Å². The van der Waals surface area contributed by atoms with Crippen LogP contribution in [-0.4, -0.2) is 24.0 Å². The average Bonchev–Trinajstić information content (AvgIpc) is 2.75. The van der Waals surface area contributed by atoms with Crippen molar-refractivity contribution in [3.05, 3.63) is 90.5 Å². The zero-order chi connectivity index (χ0) is 19.8. The van der Waals surface area contributed by atoms with Crippen molar-refractivity contribution in [1.29, 1.82) is 0 Å². The SMILES string of the molecule is CCOc1cccc(P(CN[C@@H](C)C(O)c2ccccc2)c2ccccc2)c1. The topological polar surface area (TPSA) is 41.5 Å². The molecule has 2 unspecified atom stereocenters. The molecule has 0 radical (unpaired) electrons. The smallest absolute Gasteiger partial charge is 0.119 e. The Hall–Kier alpha value is -2.19. The van der Waals surface area contributed by atoms with Crippen molar-refractivity contribution in [3.63, 3.8) is 0 Å². The second-order valence-electron chi connectivity index (χ2n) is 6.70. The standard InChI is InChI=1S/C24H28NO2P/c1-3-27-21-13-10-16-23(17-21)28(22-14-8-5-9-15-22)18-25-19(2)24(26)20-11-6-4-7-12-20/h4-17,19,24-26H,3,18H2,1-2H3/t19-,24?,28?/m0/s1. The molecule has 28 heavy (non-hydrogen) atoms. The highest BCUT2D eigenvalue weighted by Crippen LogP contribution is 2.34. The van der Waals surface area contributed by atoms with E-state index < -0.39 is 14.0 Å². The van der Waals surface area contributed by atoms with Gasteiger partial charge in [-0.3, -0.25) is 0 Å². The molecule has 0 aliphatic carbocycles. The van der Waals surface area contributed by atoms with E-state index >= 15 is 0 Å². The summed E-state index contributed by atoms with van der Waals surface area (Å²) < 4.78 is 5.70. The Morgan fingerprint density at radius 2 is 1.54 bits per heavy atom. The van der Waals surface area contributed by atoms with Gasteiger partial charge in [0.25, 0.3) is 0 Å². The van der Waals surface area contributed by atoms with E-state index in [-0.39, 0.29) is 6.04 Å². The quantitative estimate of drug-likeness (QED) is 0.536. The molecule has 0 bridgehead atoms. The number of ether oxygens (including phenoxy) is 1. The summed E-state index contributed by atoms with van der Waals surface area (Å²) in [5.41, 5.74) is 0.935. The van der Waals surface area contributed by atoms with Gasteiger partial charge < -0.3 is 15.2 Å². The Bertz CT molecular complexity index is 841. The predicted octanol–water partition coefficient (Wildman–Crippen LogP) is 4.19. The number of hydrogen-bond acceptors (Lipinski definition) is 3. The van der Waals surface area contributed by atoms with Crippen LogP contribution in [0.5, 0.6) is 5.75 Å². The first kappa shape index (κ1) is 20.5. The number of benzene rings is 3. The molecule has 0 aliphatic heterocycles. The van der Waals surface area contributed by atoms with Gasteiger partial charge in [0.2, 0.25) is 0 Å². The van der Waals surface area contributed by atoms with Crippen LogP contribution in [0, 0.1) is 0 Å². The number of hydrogen-bond donors (Lipinski definition) is 2. The Morgan fingerprint density at radius 3 is 2.21 bits per heavy atom. The summed E-state index contributed by atoms with van der Waals surface area (Å²) in [4.78, 5) is 0. The van der Waals surface area contributed by atoms with Gasteiger partial charge in [-0.2, -0.15) is 0 Å². The lowest BCUT2D eigenvalue weighted by Gasteiger charge is -2.25. The minimum absolute atomic E-state index is 0.0498. The van der Waals surface area contributed by atoms with E-state index in [1.807, 2.05) is 56.3 Å². The van der Waals surface area contributed by atoms with E-state index in [4.69, 9.17) is 4.74 Å². The Morgan fingerprint density at radius 1 is 0.893 bits per heavy atom. The molecule has 3 nitrogen and oxygen atoms in total. The lowest BCUT2D eigenvalue weighted by atomic mass is 10.0. The maximum absolute atomic E-state index is 10.7. The van der Waals surface area contributed by atoms with Gasteiger partial charge in [0, 0.05) is 12.3 Å². The molecule has 0 saturated heterocycles. The summed E-state index contributed by atoms with van der Waals surface area (Å²) >= 11 is 0. The molecule has 0 aliphatic rings. The monoisotopic (exact) mass is 393 g/mol. The molecule has 3 aromatic carbocycles. The van der Waals surface area contributed by atoms with Crippen LogP contribution in [0.15, 0.2) is 84.9 Å². The molecule has 0 spiro atoms. The second kappa shape index (κ2) is 10.4. The number of rotatable bonds is 9. The minimum Gasteiger partial charge on any atom is -0.494 e. The summed E-state index contributed by atoms with van der Waals surface area (Å²) in [7, 11) is -0.606. The van der Waals surface area contributed by atoms with Gasteiger partial charge in [-0.15, -0.1) is 0 Å². The number of nitrogens with one attached hydrogen (secondary N) is 1. The first-order valence-electron chi connectivity index (χ1n) is 9.71. The molecule has 0 amide bonds. The van der Waals surface area contributed by atoms with E-state index in [2.05, 4.69) is 47.8 Å². The van der Waals surface area contributed by atoms with E-state index in [0.29, 0.717) is 6.61 Å². The Balaban J connectivity index is 1.77. The molecular formula is C24H28NO2P. The Labute approximate surface area is 169 Å². The van der Waals surface area contributed by atoms with E-state index in [0.717, 1.165) is 17.6 Å². The van der Waals surface area contributed by atoms with Crippen LogP contribution < -0.4 is 20.7 Å². The molecule has 146 valence electrons. The molecule has 0 fully saturated rings. The van der Waals surface area contributed by atoms with Crippen LogP contribution in [0.25, 0.3) is 0 Å². The van der Waals surface area contributed by atoms with Crippen LogP contribution in [0.1, 0.15) is 25.5 Å². The fourth-order valence-electron chi connectivity index (χ4n) is 3.13. The zero-order valence-electron chi connectivity index (χ0n) is 16.5. The summed E-state index contributed by atoms with van der Waals surface area (Å²) in [6, 6.07) is 28.7. The van der Waals surface area contributed by atoms with E-state index in [1.54, 1.807) is 0 Å². The lowest BCUT2D eigenvalue weighted by molar-refractivity contribution is 0.139. The van der Waals surface area contributed by atoms with Gasteiger partial charge in [-0.05, 0) is 50.1 Å². The van der Waals surface area contributed by atoms with Gasteiger partial charge in [0.05, 0.1) is 12.7 Å². The van der Waals surface area contributed by atoms with Crippen molar-refractivity contribution >= 4 is 18.5 Å². The molecule has 0 heterocycles. The van der Waals surface area contributed by atoms with Crippen molar-refractivity contribution < 1.29 is 9.84 Å². The number of aliphatic hydroxyl groups excluding tert-OH is 1. The van der Waals surface area contributed by atoms with Crippen molar-refractivity contribution in [3.8, 4) is 5.75 Å². The normalized spacial score (nSPS) is 14.2. The van der Waals surface area contributed by atoms with Crippen LogP contribution in [0.2, 0.25) is 0 Å². The van der Waals surface area contributed by atoms with E-state index in [1.165, 1.54) is 10.6 Å². The summed E-state index contributed by atoms with van der Waals surface area (Å²) in [5.74, 6) is 0.904. The lowest BCUT2D eigenvalue weighted by Crippen LogP contribution is -2.34. The van der Waals surface area contributed by atoms with Gasteiger partial charge >= 0.3 is 0 Å². The molecule has 2 N–H and O–H groups in total. The first-order valence-corrected chi connectivity index (χ1v) is 11.2. The summed E-state index contributed by atoms with van der Waals surface area (Å²) in [6.07, 6.45) is 0.253. The average molecular weight is 393 g/mol. The van der Waals surface area contributed by atoms with Crippen LogP contribution in [-0.2, 0) is 0 Å². The summed E-state index contributed by atoms with van der Waals surface area (Å²) in [5, 5.41) is 16.8. The molecule has 3 aromatic rings. The fourth-order valence-corrected chi connectivity index (χ4v) is 5.35. The van der Waals surface area contributed by atoms with Gasteiger partial charge in [-0.25, -0.2) is 0 Å². The van der Waals surface area contributed by atoms with Gasteiger partial charge in [0.15, 0.2) is 0 Å². The molecule has 3 rings (SSSR count). The maximum atomic E-state index is 10.7. The fraction of sp³-hybridized carbons (Fsp3) is 0.250. The first-order chi connectivity index (χ1) is 13.7. The van der Waals surface area contributed by atoms with Crippen molar-refractivity contribution in [2.45, 2.75) is 26.0 Å². The largest absolute Gasteiger partial charge is 0.494 e. The maximum Gasteiger partial charge on any atom is 0.119 e. The second-order valence-corrected chi connectivity index (χ2v) is 8.91. The highest BCUT2D eigenvalue weighted by Gasteiger charge is 2.19. The van der Waals surface area contributed by atoms with Crippen LogP contribution in [0.4, 0.5) is 0 Å².